The highest BCUT2D eigenvalue weighted by molar-refractivity contribution is 7.99. The molecule has 0 fully saturated rings. The number of ether oxygens (including phenoxy) is 1. The summed E-state index contributed by atoms with van der Waals surface area (Å²) in [5, 5.41) is 3.32. The van der Waals surface area contributed by atoms with Crippen LogP contribution in [0.4, 0.5) is 4.39 Å². The van der Waals surface area contributed by atoms with Crippen molar-refractivity contribution >= 4 is 11.8 Å². The Balaban J connectivity index is 2.13. The Hall–Kier alpha value is -1.52. The second kappa shape index (κ2) is 8.05. The maximum atomic E-state index is 13.4. The molecular formula is C17H20FNOS. The Morgan fingerprint density at radius 1 is 1.14 bits per heavy atom. The molecule has 2 aromatic carbocycles. The predicted molar refractivity (Wildman–Crippen MR) is 85.5 cm³/mol. The second-order valence-corrected chi connectivity index (χ2v) is 5.82. The maximum absolute atomic E-state index is 13.4. The summed E-state index contributed by atoms with van der Waals surface area (Å²) in [6, 6.07) is 12.8. The van der Waals surface area contributed by atoms with Crippen LogP contribution >= 0.6 is 11.8 Å². The van der Waals surface area contributed by atoms with E-state index < -0.39 is 0 Å². The molecule has 0 unspecified atom stereocenters. The lowest BCUT2D eigenvalue weighted by Crippen LogP contribution is -2.14. The molecule has 112 valence electrons. The quantitative estimate of drug-likeness (QED) is 0.762. The van der Waals surface area contributed by atoms with Crippen LogP contribution in [0.2, 0.25) is 0 Å². The minimum absolute atomic E-state index is 0.192. The number of hydrogen-bond donors (Lipinski definition) is 1. The van der Waals surface area contributed by atoms with E-state index in [1.165, 1.54) is 6.07 Å². The molecule has 2 nitrogen and oxygen atoms in total. The SMILES string of the molecule is CCCNCc1cc(F)ccc1Sc1ccc(OC)cc1. The van der Waals surface area contributed by atoms with Gasteiger partial charge in [0.15, 0.2) is 0 Å². The van der Waals surface area contributed by atoms with Crippen LogP contribution in [-0.4, -0.2) is 13.7 Å². The molecule has 0 aliphatic heterocycles. The third-order valence-corrected chi connectivity index (χ3v) is 4.18. The first kappa shape index (κ1) is 15.9. The summed E-state index contributed by atoms with van der Waals surface area (Å²) in [5.74, 6) is 0.644. The molecule has 4 heteroatoms. The molecule has 0 bridgehead atoms. The van der Waals surface area contributed by atoms with E-state index in [-0.39, 0.29) is 5.82 Å². The van der Waals surface area contributed by atoms with E-state index in [0.717, 1.165) is 34.1 Å². The van der Waals surface area contributed by atoms with Crippen molar-refractivity contribution in [3.05, 3.63) is 53.8 Å². The first-order valence-corrected chi connectivity index (χ1v) is 7.85. The lowest BCUT2D eigenvalue weighted by Gasteiger charge is -2.11. The fraction of sp³-hybridized carbons (Fsp3) is 0.294. The van der Waals surface area contributed by atoms with Gasteiger partial charge in [-0.15, -0.1) is 0 Å². The summed E-state index contributed by atoms with van der Waals surface area (Å²) in [4.78, 5) is 2.18. The average molecular weight is 305 g/mol. The predicted octanol–water partition coefficient (Wildman–Crippen LogP) is 4.49. The lowest BCUT2D eigenvalue weighted by atomic mass is 10.2. The average Bonchev–Trinajstić information content (AvgIpc) is 2.51. The molecular weight excluding hydrogens is 285 g/mol. The Morgan fingerprint density at radius 3 is 2.57 bits per heavy atom. The molecule has 0 saturated carbocycles. The third-order valence-electron chi connectivity index (χ3n) is 3.05. The highest BCUT2D eigenvalue weighted by Crippen LogP contribution is 2.32. The topological polar surface area (TPSA) is 21.3 Å². The zero-order valence-corrected chi connectivity index (χ0v) is 13.2. The van der Waals surface area contributed by atoms with Gasteiger partial charge in [0.05, 0.1) is 7.11 Å². The first-order valence-electron chi connectivity index (χ1n) is 7.04. The lowest BCUT2D eigenvalue weighted by molar-refractivity contribution is 0.414. The summed E-state index contributed by atoms with van der Waals surface area (Å²) < 4.78 is 18.6. The van der Waals surface area contributed by atoms with Crippen molar-refractivity contribution in [3.8, 4) is 5.75 Å². The smallest absolute Gasteiger partial charge is 0.123 e. The zero-order valence-electron chi connectivity index (χ0n) is 12.4. The molecule has 0 heterocycles. The molecule has 1 N–H and O–H groups in total. The second-order valence-electron chi connectivity index (χ2n) is 4.71. The highest BCUT2D eigenvalue weighted by Gasteiger charge is 2.06. The number of benzene rings is 2. The molecule has 0 radical (unpaired) electrons. The fourth-order valence-corrected chi connectivity index (χ4v) is 2.88. The van der Waals surface area contributed by atoms with Crippen LogP contribution in [0, 0.1) is 5.82 Å². The molecule has 0 atom stereocenters. The van der Waals surface area contributed by atoms with E-state index in [1.54, 1.807) is 24.9 Å². The minimum Gasteiger partial charge on any atom is -0.497 e. The van der Waals surface area contributed by atoms with Crippen LogP contribution in [0.3, 0.4) is 0 Å². The van der Waals surface area contributed by atoms with E-state index in [0.29, 0.717) is 6.54 Å². The Kier molecular flexibility index (Phi) is 6.08. The van der Waals surface area contributed by atoms with Crippen molar-refractivity contribution in [1.29, 1.82) is 0 Å². The van der Waals surface area contributed by atoms with Crippen molar-refractivity contribution in [3.63, 3.8) is 0 Å². The van der Waals surface area contributed by atoms with Crippen molar-refractivity contribution in [2.75, 3.05) is 13.7 Å². The molecule has 0 spiro atoms. The fourth-order valence-electron chi connectivity index (χ4n) is 1.96. The van der Waals surface area contributed by atoms with Gasteiger partial charge in [-0.2, -0.15) is 0 Å². The minimum atomic E-state index is -0.192. The summed E-state index contributed by atoms with van der Waals surface area (Å²) >= 11 is 1.64. The van der Waals surface area contributed by atoms with Gasteiger partial charge in [0.1, 0.15) is 11.6 Å². The largest absolute Gasteiger partial charge is 0.497 e. The number of methoxy groups -OCH3 is 1. The molecule has 0 amide bonds. The molecule has 21 heavy (non-hydrogen) atoms. The van der Waals surface area contributed by atoms with E-state index in [2.05, 4.69) is 12.2 Å². The van der Waals surface area contributed by atoms with Crippen molar-refractivity contribution in [2.45, 2.75) is 29.7 Å². The van der Waals surface area contributed by atoms with Crippen molar-refractivity contribution < 1.29 is 9.13 Å². The van der Waals surface area contributed by atoms with Crippen molar-refractivity contribution in [1.82, 2.24) is 5.32 Å². The summed E-state index contributed by atoms with van der Waals surface area (Å²) in [6.07, 6.45) is 1.07. The van der Waals surface area contributed by atoms with Gasteiger partial charge in [0, 0.05) is 16.3 Å². The van der Waals surface area contributed by atoms with Crippen LogP contribution in [0.1, 0.15) is 18.9 Å². The molecule has 0 aliphatic rings. The van der Waals surface area contributed by atoms with Gasteiger partial charge < -0.3 is 10.1 Å². The van der Waals surface area contributed by atoms with Crippen LogP contribution < -0.4 is 10.1 Å². The first-order chi connectivity index (χ1) is 10.2. The molecule has 2 rings (SSSR count). The number of nitrogens with one attached hydrogen (secondary N) is 1. The highest BCUT2D eigenvalue weighted by atomic mass is 32.2. The Bertz CT molecular complexity index is 572. The molecule has 0 saturated heterocycles. The molecule has 0 aliphatic carbocycles. The third kappa shape index (κ3) is 4.76. The normalized spacial score (nSPS) is 10.6. The van der Waals surface area contributed by atoms with Crippen molar-refractivity contribution in [2.24, 2.45) is 0 Å². The van der Waals surface area contributed by atoms with Crippen LogP contribution in [0.15, 0.2) is 52.3 Å². The zero-order chi connectivity index (χ0) is 15.1. The Morgan fingerprint density at radius 2 is 1.90 bits per heavy atom. The van der Waals surface area contributed by atoms with Crippen LogP contribution in [0.5, 0.6) is 5.75 Å². The summed E-state index contributed by atoms with van der Waals surface area (Å²) in [7, 11) is 1.65. The van der Waals surface area contributed by atoms with Gasteiger partial charge in [-0.05, 0) is 61.0 Å². The maximum Gasteiger partial charge on any atom is 0.123 e. The van der Waals surface area contributed by atoms with Gasteiger partial charge in [-0.1, -0.05) is 18.7 Å². The number of rotatable bonds is 7. The van der Waals surface area contributed by atoms with E-state index in [9.17, 15) is 4.39 Å². The van der Waals surface area contributed by atoms with E-state index >= 15 is 0 Å². The Labute approximate surface area is 129 Å². The van der Waals surface area contributed by atoms with Gasteiger partial charge in [-0.25, -0.2) is 4.39 Å². The van der Waals surface area contributed by atoms with Gasteiger partial charge in [-0.3, -0.25) is 0 Å². The summed E-state index contributed by atoms with van der Waals surface area (Å²) in [6.45, 7) is 3.73. The summed E-state index contributed by atoms with van der Waals surface area (Å²) in [5.41, 5.74) is 0.990. The standard InChI is InChI=1S/C17H20FNOS/c1-3-10-19-12-13-11-14(18)4-9-17(13)21-16-7-5-15(20-2)6-8-16/h4-9,11,19H,3,10,12H2,1-2H3. The van der Waals surface area contributed by atoms with Gasteiger partial charge in [0.25, 0.3) is 0 Å². The van der Waals surface area contributed by atoms with Gasteiger partial charge in [0.2, 0.25) is 0 Å². The number of halogens is 1. The monoisotopic (exact) mass is 305 g/mol. The number of hydrogen-bond acceptors (Lipinski definition) is 3. The van der Waals surface area contributed by atoms with E-state index in [1.807, 2.05) is 30.3 Å². The van der Waals surface area contributed by atoms with Crippen LogP contribution in [0.25, 0.3) is 0 Å². The van der Waals surface area contributed by atoms with Crippen LogP contribution in [-0.2, 0) is 6.54 Å². The molecule has 2 aromatic rings. The molecule has 0 aromatic heterocycles. The van der Waals surface area contributed by atoms with E-state index in [4.69, 9.17) is 4.74 Å². The van der Waals surface area contributed by atoms with Gasteiger partial charge >= 0.3 is 0 Å².